The predicted molar refractivity (Wildman–Crippen MR) is 99.1 cm³/mol. The molecule has 0 radical (unpaired) electrons. The quantitative estimate of drug-likeness (QED) is 0.653. The minimum absolute atomic E-state index is 0.0535. The van der Waals surface area contributed by atoms with Crippen LogP contribution in [0.4, 0.5) is 4.39 Å². The van der Waals surface area contributed by atoms with Gasteiger partial charge in [-0.3, -0.25) is 4.79 Å². The van der Waals surface area contributed by atoms with Crippen LogP contribution in [0.25, 0.3) is 0 Å². The number of halogens is 3. The zero-order valence-corrected chi connectivity index (χ0v) is 16.4. The Kier molecular flexibility index (Phi) is 6.67. The highest BCUT2D eigenvalue weighted by atomic mass is 79.9. The number of amides is 1. The Morgan fingerprint density at radius 1 is 1.36 bits per heavy atom. The van der Waals surface area contributed by atoms with Gasteiger partial charge in [-0.25, -0.2) is 4.39 Å². The van der Waals surface area contributed by atoms with Crippen molar-refractivity contribution in [1.29, 1.82) is 0 Å². The van der Waals surface area contributed by atoms with Crippen LogP contribution in [0.1, 0.15) is 22.8 Å². The molecule has 134 valence electrons. The second-order valence-electron chi connectivity index (χ2n) is 5.28. The van der Waals surface area contributed by atoms with Gasteiger partial charge in [-0.2, -0.15) is 0 Å². The number of hydrogen-bond acceptors (Lipinski definition) is 3. The third kappa shape index (κ3) is 4.44. The number of rotatable bonds is 6. The predicted octanol–water partition coefficient (Wildman–Crippen LogP) is 4.92. The molecule has 0 heterocycles. The topological polar surface area (TPSA) is 38.8 Å². The molecular weight excluding hydrogens is 413 g/mol. The van der Waals surface area contributed by atoms with Gasteiger partial charge in [-0.05, 0) is 47.1 Å². The van der Waals surface area contributed by atoms with Gasteiger partial charge < -0.3 is 14.4 Å². The molecule has 0 saturated heterocycles. The lowest BCUT2D eigenvalue weighted by atomic mass is 10.1. The maximum absolute atomic E-state index is 13.9. The van der Waals surface area contributed by atoms with Gasteiger partial charge in [0.25, 0.3) is 5.91 Å². The summed E-state index contributed by atoms with van der Waals surface area (Å²) in [5, 5.41) is 0.283. The van der Waals surface area contributed by atoms with E-state index in [4.69, 9.17) is 21.1 Å². The molecule has 0 aliphatic carbocycles. The largest absolute Gasteiger partial charge is 0.492 e. The fourth-order valence-corrected chi connectivity index (χ4v) is 3.19. The first-order chi connectivity index (χ1) is 11.9. The van der Waals surface area contributed by atoms with Crippen molar-refractivity contribution in [3.63, 3.8) is 0 Å². The summed E-state index contributed by atoms with van der Waals surface area (Å²) in [6, 6.07) is 7.68. The molecule has 2 aromatic carbocycles. The number of ether oxygens (including phenoxy) is 2. The number of methoxy groups -OCH3 is 1. The molecule has 0 spiro atoms. The molecular formula is C18H18BrClFNO3. The second-order valence-corrected chi connectivity index (χ2v) is 6.55. The van der Waals surface area contributed by atoms with Gasteiger partial charge in [0.15, 0.2) is 11.5 Å². The normalized spacial score (nSPS) is 10.5. The molecule has 0 fully saturated rings. The lowest BCUT2D eigenvalue weighted by Gasteiger charge is -2.20. The number of carbonyl (C=O) groups is 1. The third-order valence-corrected chi connectivity index (χ3v) is 4.51. The summed E-state index contributed by atoms with van der Waals surface area (Å²) in [6.45, 7) is 2.33. The summed E-state index contributed by atoms with van der Waals surface area (Å²) in [5.74, 6) is 0.236. The minimum Gasteiger partial charge on any atom is -0.492 e. The monoisotopic (exact) mass is 429 g/mol. The Balaban J connectivity index is 2.30. The zero-order valence-electron chi connectivity index (χ0n) is 14.1. The Morgan fingerprint density at radius 2 is 2.08 bits per heavy atom. The van der Waals surface area contributed by atoms with Crippen LogP contribution < -0.4 is 9.47 Å². The van der Waals surface area contributed by atoms with Crippen LogP contribution in [0.2, 0.25) is 5.02 Å². The van der Waals surface area contributed by atoms with Crippen molar-refractivity contribution in [2.24, 2.45) is 0 Å². The minimum atomic E-state index is -0.446. The van der Waals surface area contributed by atoms with E-state index in [0.29, 0.717) is 28.1 Å². The highest BCUT2D eigenvalue weighted by Gasteiger charge is 2.20. The molecule has 0 aromatic heterocycles. The average Bonchev–Trinajstić information content (AvgIpc) is 2.57. The van der Waals surface area contributed by atoms with E-state index in [1.54, 1.807) is 25.2 Å². The number of nitrogens with zero attached hydrogens (tertiary/aromatic N) is 1. The van der Waals surface area contributed by atoms with Crippen LogP contribution in [-0.2, 0) is 6.54 Å². The van der Waals surface area contributed by atoms with Crippen LogP contribution in [0.3, 0.4) is 0 Å². The Morgan fingerprint density at radius 3 is 2.68 bits per heavy atom. The molecule has 0 atom stereocenters. The average molecular weight is 431 g/mol. The van der Waals surface area contributed by atoms with Crippen molar-refractivity contribution in [1.82, 2.24) is 4.90 Å². The van der Waals surface area contributed by atoms with E-state index in [9.17, 15) is 9.18 Å². The summed E-state index contributed by atoms with van der Waals surface area (Å²) < 4.78 is 25.4. The summed E-state index contributed by atoms with van der Waals surface area (Å²) in [7, 11) is 3.11. The highest BCUT2D eigenvalue weighted by molar-refractivity contribution is 9.10. The molecule has 7 heteroatoms. The SMILES string of the molecule is CCOc1cc(C(=O)N(C)Cc2c(F)cccc2Cl)cc(Br)c1OC. The van der Waals surface area contributed by atoms with Crippen LogP contribution in [0.5, 0.6) is 11.5 Å². The molecule has 0 aliphatic heterocycles. The summed E-state index contributed by atoms with van der Waals surface area (Å²) in [6.07, 6.45) is 0. The van der Waals surface area contributed by atoms with Crippen LogP contribution in [-0.4, -0.2) is 31.6 Å². The van der Waals surface area contributed by atoms with Crippen LogP contribution >= 0.6 is 27.5 Å². The Labute approximate surface area is 159 Å². The van der Waals surface area contributed by atoms with Crippen molar-refractivity contribution in [2.75, 3.05) is 20.8 Å². The van der Waals surface area contributed by atoms with E-state index in [-0.39, 0.29) is 23.0 Å². The van der Waals surface area contributed by atoms with E-state index < -0.39 is 5.82 Å². The van der Waals surface area contributed by atoms with Crippen molar-refractivity contribution in [3.8, 4) is 11.5 Å². The van der Waals surface area contributed by atoms with E-state index in [1.807, 2.05) is 6.92 Å². The van der Waals surface area contributed by atoms with Gasteiger partial charge in [0.05, 0.1) is 18.2 Å². The van der Waals surface area contributed by atoms with Crippen LogP contribution in [0, 0.1) is 5.82 Å². The van der Waals surface area contributed by atoms with Crippen molar-refractivity contribution in [3.05, 3.63) is 56.8 Å². The standard InChI is InChI=1S/C18H18BrClFNO3/c1-4-25-16-9-11(8-13(19)17(16)24-3)18(23)22(2)10-12-14(20)6-5-7-15(12)21/h5-9H,4,10H2,1-3H3. The van der Waals surface area contributed by atoms with Gasteiger partial charge in [0, 0.05) is 29.7 Å². The first-order valence-corrected chi connectivity index (χ1v) is 8.74. The van der Waals surface area contributed by atoms with Crippen molar-refractivity contribution in [2.45, 2.75) is 13.5 Å². The summed E-state index contributed by atoms with van der Waals surface area (Å²) in [5.41, 5.74) is 0.670. The van der Waals surface area contributed by atoms with E-state index in [2.05, 4.69) is 15.9 Å². The molecule has 25 heavy (non-hydrogen) atoms. The first-order valence-electron chi connectivity index (χ1n) is 7.57. The fraction of sp³-hybridized carbons (Fsp3) is 0.278. The van der Waals surface area contributed by atoms with Gasteiger partial charge in [0.1, 0.15) is 5.82 Å². The molecule has 4 nitrogen and oxygen atoms in total. The number of hydrogen-bond donors (Lipinski definition) is 0. The van der Waals surface area contributed by atoms with Gasteiger partial charge >= 0.3 is 0 Å². The smallest absolute Gasteiger partial charge is 0.254 e. The van der Waals surface area contributed by atoms with E-state index in [1.165, 1.54) is 24.1 Å². The van der Waals surface area contributed by atoms with Gasteiger partial charge in [0.2, 0.25) is 0 Å². The maximum Gasteiger partial charge on any atom is 0.254 e. The molecule has 0 bridgehead atoms. The van der Waals surface area contributed by atoms with Crippen LogP contribution in [0.15, 0.2) is 34.8 Å². The second kappa shape index (κ2) is 8.54. The highest BCUT2D eigenvalue weighted by Crippen LogP contribution is 2.37. The summed E-state index contributed by atoms with van der Waals surface area (Å²) in [4.78, 5) is 14.1. The molecule has 0 aliphatic rings. The Hall–Kier alpha value is -1.79. The third-order valence-electron chi connectivity index (χ3n) is 3.56. The Bertz CT molecular complexity index is 765. The van der Waals surface area contributed by atoms with Crippen molar-refractivity contribution < 1.29 is 18.7 Å². The lowest BCUT2D eigenvalue weighted by molar-refractivity contribution is 0.0783. The summed E-state index contributed by atoms with van der Waals surface area (Å²) >= 11 is 9.41. The number of carbonyl (C=O) groups excluding carboxylic acids is 1. The molecule has 0 N–H and O–H groups in total. The molecule has 1 amide bonds. The van der Waals surface area contributed by atoms with E-state index >= 15 is 0 Å². The molecule has 0 unspecified atom stereocenters. The molecule has 0 saturated carbocycles. The van der Waals surface area contributed by atoms with E-state index in [0.717, 1.165) is 0 Å². The first kappa shape index (κ1) is 19.5. The van der Waals surface area contributed by atoms with Crippen molar-refractivity contribution >= 4 is 33.4 Å². The van der Waals surface area contributed by atoms with Gasteiger partial charge in [-0.1, -0.05) is 17.7 Å². The molecule has 2 aromatic rings. The fourth-order valence-electron chi connectivity index (χ4n) is 2.37. The zero-order chi connectivity index (χ0) is 18.6. The molecule has 2 rings (SSSR count). The maximum atomic E-state index is 13.9. The lowest BCUT2D eigenvalue weighted by Crippen LogP contribution is -2.27. The number of benzene rings is 2. The van der Waals surface area contributed by atoms with Gasteiger partial charge in [-0.15, -0.1) is 0 Å².